The lowest BCUT2D eigenvalue weighted by Crippen LogP contribution is -2.47. The molecule has 1 spiro atoms. The average Bonchev–Trinajstić information content (AvgIpc) is 2.67. The van der Waals surface area contributed by atoms with Gasteiger partial charge in [-0.25, -0.2) is 0 Å². The average molecular weight is 333 g/mol. The van der Waals surface area contributed by atoms with Crippen molar-refractivity contribution < 1.29 is 4.74 Å². The van der Waals surface area contributed by atoms with Gasteiger partial charge in [-0.2, -0.15) is 0 Å². The lowest BCUT2D eigenvalue weighted by atomic mass is 9.88. The molecule has 0 radical (unpaired) electrons. The van der Waals surface area contributed by atoms with E-state index < -0.39 is 0 Å². The fourth-order valence-electron chi connectivity index (χ4n) is 3.94. The van der Waals surface area contributed by atoms with Gasteiger partial charge in [-0.15, -0.1) is 0 Å². The summed E-state index contributed by atoms with van der Waals surface area (Å²) in [6.07, 6.45) is 10.5. The van der Waals surface area contributed by atoms with Gasteiger partial charge < -0.3 is 9.64 Å². The number of hydrogen-bond acceptors (Lipinski definition) is 2. The van der Waals surface area contributed by atoms with Gasteiger partial charge in [-0.05, 0) is 43.5 Å². The number of unbranched alkanes of at least 4 members (excludes halogenated alkanes) is 1. The molecule has 0 bridgehead atoms. The number of piperidine rings is 1. The summed E-state index contributed by atoms with van der Waals surface area (Å²) in [6, 6.07) is 19.2. The number of hydrogen-bond donors (Lipinski definition) is 0. The first-order chi connectivity index (χ1) is 12.3. The largest absolute Gasteiger partial charge is 0.482 e. The number of para-hydroxylation sites is 1. The second-order valence-electron chi connectivity index (χ2n) is 7.32. The van der Waals surface area contributed by atoms with Crippen LogP contribution in [0.25, 0.3) is 6.08 Å². The Balaban J connectivity index is 1.23. The molecule has 25 heavy (non-hydrogen) atoms. The second kappa shape index (κ2) is 7.45. The fourth-order valence-corrected chi connectivity index (χ4v) is 3.94. The molecular weight excluding hydrogens is 306 g/mol. The zero-order chi connectivity index (χ0) is 17.0. The zero-order valence-electron chi connectivity index (χ0n) is 14.9. The molecule has 0 aromatic heterocycles. The molecule has 0 aliphatic carbocycles. The maximum atomic E-state index is 6.38. The molecule has 1 fully saturated rings. The molecule has 2 aliphatic rings. The summed E-state index contributed by atoms with van der Waals surface area (Å²) in [5.41, 5.74) is 2.59. The number of likely N-dealkylation sites (tertiary alicyclic amines) is 1. The SMILES string of the molecule is C1=CC2(CCN(CCCCc3ccccc3)CC2)Oc2ccccc21. The summed E-state index contributed by atoms with van der Waals surface area (Å²) in [6.45, 7) is 3.49. The first-order valence-corrected chi connectivity index (χ1v) is 9.57. The highest BCUT2D eigenvalue weighted by Crippen LogP contribution is 2.36. The first-order valence-electron chi connectivity index (χ1n) is 9.57. The van der Waals surface area contributed by atoms with Gasteiger partial charge in [-0.1, -0.05) is 54.6 Å². The lowest BCUT2D eigenvalue weighted by molar-refractivity contribution is 0.0383. The van der Waals surface area contributed by atoms with Gasteiger partial charge in [-0.3, -0.25) is 0 Å². The Morgan fingerprint density at radius 2 is 1.64 bits per heavy atom. The molecule has 4 rings (SSSR count). The smallest absolute Gasteiger partial charge is 0.130 e. The molecule has 2 aliphatic heterocycles. The van der Waals surface area contributed by atoms with Crippen LogP contribution in [0.15, 0.2) is 60.7 Å². The van der Waals surface area contributed by atoms with Crippen molar-refractivity contribution in [3.8, 4) is 5.75 Å². The number of aryl methyl sites for hydroxylation is 1. The van der Waals surface area contributed by atoms with E-state index in [9.17, 15) is 0 Å². The number of fused-ring (bicyclic) bond motifs is 1. The van der Waals surface area contributed by atoms with Crippen molar-refractivity contribution in [1.82, 2.24) is 4.90 Å². The molecule has 2 heterocycles. The number of ether oxygens (including phenoxy) is 1. The Bertz CT molecular complexity index is 714. The van der Waals surface area contributed by atoms with Gasteiger partial charge in [0, 0.05) is 31.5 Å². The topological polar surface area (TPSA) is 12.5 Å². The van der Waals surface area contributed by atoms with Crippen molar-refractivity contribution in [3.05, 3.63) is 71.8 Å². The summed E-state index contributed by atoms with van der Waals surface area (Å²) in [5.74, 6) is 1.04. The van der Waals surface area contributed by atoms with Crippen LogP contribution in [0.3, 0.4) is 0 Å². The standard InChI is InChI=1S/C23H27NO/c1-2-8-20(9-3-1)10-6-7-17-24-18-15-23(16-19-24)14-13-21-11-4-5-12-22(21)25-23/h1-5,8-9,11-14H,6-7,10,15-19H2. The van der Waals surface area contributed by atoms with E-state index in [4.69, 9.17) is 4.74 Å². The monoisotopic (exact) mass is 333 g/mol. The Morgan fingerprint density at radius 1 is 0.880 bits per heavy atom. The highest BCUT2D eigenvalue weighted by molar-refractivity contribution is 5.60. The molecule has 0 amide bonds. The van der Waals surface area contributed by atoms with Crippen molar-refractivity contribution in [2.45, 2.75) is 37.7 Å². The quantitative estimate of drug-likeness (QED) is 0.718. The molecule has 0 atom stereocenters. The molecule has 0 unspecified atom stereocenters. The van der Waals surface area contributed by atoms with Crippen LogP contribution in [0.4, 0.5) is 0 Å². The summed E-state index contributed by atoms with van der Waals surface area (Å²) in [5, 5.41) is 0. The Labute approximate surface area is 151 Å². The van der Waals surface area contributed by atoms with Crippen LogP contribution in [0, 0.1) is 0 Å². The van der Waals surface area contributed by atoms with Crippen LogP contribution in [0.5, 0.6) is 5.75 Å². The van der Waals surface area contributed by atoms with Crippen LogP contribution < -0.4 is 4.74 Å². The second-order valence-corrected chi connectivity index (χ2v) is 7.32. The summed E-state index contributed by atoms with van der Waals surface area (Å²) < 4.78 is 6.38. The van der Waals surface area contributed by atoms with Crippen molar-refractivity contribution >= 4 is 6.08 Å². The lowest BCUT2D eigenvalue weighted by Gasteiger charge is -2.42. The van der Waals surface area contributed by atoms with E-state index in [1.165, 1.54) is 36.9 Å². The summed E-state index contributed by atoms with van der Waals surface area (Å²) >= 11 is 0. The van der Waals surface area contributed by atoms with Crippen LogP contribution >= 0.6 is 0 Å². The highest BCUT2D eigenvalue weighted by atomic mass is 16.5. The molecule has 2 nitrogen and oxygen atoms in total. The van der Waals surface area contributed by atoms with E-state index in [0.717, 1.165) is 31.7 Å². The van der Waals surface area contributed by atoms with Crippen LogP contribution in [0.2, 0.25) is 0 Å². The summed E-state index contributed by atoms with van der Waals surface area (Å²) in [4.78, 5) is 2.61. The Hall–Kier alpha value is -2.06. The predicted octanol–water partition coefficient (Wildman–Crippen LogP) is 4.95. The van der Waals surface area contributed by atoms with Crippen LogP contribution in [0.1, 0.15) is 36.8 Å². The van der Waals surface area contributed by atoms with Crippen molar-refractivity contribution in [3.63, 3.8) is 0 Å². The minimum absolute atomic E-state index is 0.0745. The minimum atomic E-state index is -0.0745. The van der Waals surface area contributed by atoms with E-state index >= 15 is 0 Å². The Kier molecular flexibility index (Phi) is 4.89. The van der Waals surface area contributed by atoms with Gasteiger partial charge in [0.2, 0.25) is 0 Å². The molecule has 0 N–H and O–H groups in total. The third-order valence-corrected chi connectivity index (χ3v) is 5.53. The van der Waals surface area contributed by atoms with E-state index in [0.29, 0.717) is 0 Å². The van der Waals surface area contributed by atoms with Gasteiger partial charge in [0.25, 0.3) is 0 Å². The number of nitrogens with zero attached hydrogens (tertiary/aromatic N) is 1. The third kappa shape index (κ3) is 3.96. The number of benzene rings is 2. The van der Waals surface area contributed by atoms with E-state index in [1.807, 2.05) is 0 Å². The van der Waals surface area contributed by atoms with Crippen molar-refractivity contribution in [2.24, 2.45) is 0 Å². The maximum Gasteiger partial charge on any atom is 0.130 e. The third-order valence-electron chi connectivity index (χ3n) is 5.53. The highest BCUT2D eigenvalue weighted by Gasteiger charge is 2.36. The first kappa shape index (κ1) is 16.4. The molecule has 2 aromatic rings. The zero-order valence-corrected chi connectivity index (χ0v) is 14.9. The molecule has 0 saturated carbocycles. The van der Waals surface area contributed by atoms with Crippen LogP contribution in [-0.2, 0) is 6.42 Å². The molecule has 2 heteroatoms. The Morgan fingerprint density at radius 3 is 2.48 bits per heavy atom. The van der Waals surface area contributed by atoms with Gasteiger partial charge >= 0.3 is 0 Å². The molecule has 130 valence electrons. The van der Waals surface area contributed by atoms with E-state index in [2.05, 4.69) is 71.6 Å². The molecule has 1 saturated heterocycles. The van der Waals surface area contributed by atoms with Gasteiger partial charge in [0.05, 0.1) is 0 Å². The fraction of sp³-hybridized carbons (Fsp3) is 0.391. The van der Waals surface area contributed by atoms with Gasteiger partial charge in [0.1, 0.15) is 11.4 Å². The van der Waals surface area contributed by atoms with Crippen LogP contribution in [-0.4, -0.2) is 30.1 Å². The van der Waals surface area contributed by atoms with E-state index in [1.54, 1.807) is 0 Å². The predicted molar refractivity (Wildman–Crippen MR) is 104 cm³/mol. The molecule has 2 aromatic carbocycles. The normalized spacial score (nSPS) is 18.7. The number of rotatable bonds is 5. The van der Waals surface area contributed by atoms with Gasteiger partial charge in [0.15, 0.2) is 0 Å². The minimum Gasteiger partial charge on any atom is -0.482 e. The summed E-state index contributed by atoms with van der Waals surface area (Å²) in [7, 11) is 0. The maximum absolute atomic E-state index is 6.38. The van der Waals surface area contributed by atoms with Crippen molar-refractivity contribution in [1.29, 1.82) is 0 Å². The molecular formula is C23H27NO. The van der Waals surface area contributed by atoms with Crippen molar-refractivity contribution in [2.75, 3.05) is 19.6 Å². The van der Waals surface area contributed by atoms with E-state index in [-0.39, 0.29) is 5.60 Å².